The quantitative estimate of drug-likeness (QED) is 0.773. The molecule has 0 saturated heterocycles. The molecule has 0 amide bonds. The van der Waals surface area contributed by atoms with Gasteiger partial charge in [0, 0.05) is 5.56 Å². The number of aromatic hydroxyl groups is 1. The molecular formula is C11H13NO2. The molecule has 14 heavy (non-hydrogen) atoms. The number of phenols is 1. The zero-order chi connectivity index (χ0) is 9.97. The monoisotopic (exact) mass is 191 g/mol. The van der Waals surface area contributed by atoms with Crippen molar-refractivity contribution in [3.8, 4) is 5.75 Å². The average molecular weight is 191 g/mol. The fourth-order valence-electron chi connectivity index (χ4n) is 1.46. The smallest absolute Gasteiger partial charge is 0.188 e. The number of rotatable bonds is 2. The highest BCUT2D eigenvalue weighted by atomic mass is 16.5. The first-order valence-electron chi connectivity index (χ1n) is 4.72. The van der Waals surface area contributed by atoms with Crippen LogP contribution < -0.4 is 0 Å². The molecule has 0 fully saturated rings. The second kappa shape index (κ2) is 3.70. The molecular weight excluding hydrogens is 178 g/mol. The summed E-state index contributed by atoms with van der Waals surface area (Å²) in [7, 11) is 0. The summed E-state index contributed by atoms with van der Waals surface area (Å²) in [5.41, 5.74) is 0.861. The first-order chi connectivity index (χ1) is 6.75. The van der Waals surface area contributed by atoms with Crippen molar-refractivity contribution in [1.29, 1.82) is 0 Å². The van der Waals surface area contributed by atoms with Crippen LogP contribution in [0.2, 0.25) is 0 Å². The predicted octanol–water partition coefficient (Wildman–Crippen LogP) is 1.75. The fraction of sp³-hybridized carbons (Fsp3) is 0.364. The molecule has 1 aliphatic rings. The second-order valence-corrected chi connectivity index (χ2v) is 3.49. The zero-order valence-electron chi connectivity index (χ0n) is 8.10. The van der Waals surface area contributed by atoms with E-state index >= 15 is 0 Å². The molecule has 1 N–H and O–H groups in total. The van der Waals surface area contributed by atoms with Crippen LogP contribution in [0, 0.1) is 0 Å². The Balaban J connectivity index is 2.12. The third-order valence-corrected chi connectivity index (χ3v) is 2.19. The van der Waals surface area contributed by atoms with Gasteiger partial charge in [-0.25, -0.2) is 4.99 Å². The van der Waals surface area contributed by atoms with Gasteiger partial charge in [0.15, 0.2) is 5.90 Å². The minimum Gasteiger partial charge on any atom is -0.508 e. The largest absolute Gasteiger partial charge is 0.508 e. The number of aliphatic imine (C=N–C) groups is 1. The highest BCUT2D eigenvalue weighted by Gasteiger charge is 2.15. The van der Waals surface area contributed by atoms with Crippen molar-refractivity contribution in [2.75, 3.05) is 6.61 Å². The molecule has 2 rings (SSSR count). The Morgan fingerprint density at radius 2 is 2.29 bits per heavy atom. The summed E-state index contributed by atoms with van der Waals surface area (Å²) >= 11 is 0. The number of hydrogen-bond acceptors (Lipinski definition) is 3. The summed E-state index contributed by atoms with van der Waals surface area (Å²) in [6, 6.07) is 7.50. The van der Waals surface area contributed by atoms with Gasteiger partial charge in [0.05, 0.1) is 12.5 Å². The number of hydrogen-bond donors (Lipinski definition) is 1. The van der Waals surface area contributed by atoms with Gasteiger partial charge in [-0.1, -0.05) is 18.2 Å². The topological polar surface area (TPSA) is 41.8 Å². The predicted molar refractivity (Wildman–Crippen MR) is 54.7 cm³/mol. The van der Waals surface area contributed by atoms with Gasteiger partial charge in [0.25, 0.3) is 0 Å². The van der Waals surface area contributed by atoms with Gasteiger partial charge >= 0.3 is 0 Å². The van der Waals surface area contributed by atoms with Crippen LogP contribution in [-0.2, 0) is 11.2 Å². The molecule has 1 aromatic rings. The maximum absolute atomic E-state index is 9.53. The van der Waals surface area contributed by atoms with E-state index in [1.54, 1.807) is 12.1 Å². The van der Waals surface area contributed by atoms with E-state index in [0.717, 1.165) is 11.5 Å². The molecule has 0 aromatic heterocycles. The minimum absolute atomic E-state index is 0.246. The number of para-hydroxylation sites is 1. The lowest BCUT2D eigenvalue weighted by Gasteiger charge is -2.03. The molecule has 1 atom stereocenters. The van der Waals surface area contributed by atoms with E-state index in [4.69, 9.17) is 4.74 Å². The summed E-state index contributed by atoms with van der Waals surface area (Å²) in [6.07, 6.45) is 0.580. The lowest BCUT2D eigenvalue weighted by molar-refractivity contribution is 0.317. The molecule has 0 radical (unpaired) electrons. The van der Waals surface area contributed by atoms with Crippen LogP contribution in [-0.4, -0.2) is 23.7 Å². The normalized spacial score (nSPS) is 20.4. The van der Waals surface area contributed by atoms with Gasteiger partial charge in [-0.3, -0.25) is 0 Å². The summed E-state index contributed by atoms with van der Waals surface area (Å²) in [6.45, 7) is 2.67. The first-order valence-corrected chi connectivity index (χ1v) is 4.72. The van der Waals surface area contributed by atoms with Crippen LogP contribution >= 0.6 is 0 Å². The van der Waals surface area contributed by atoms with E-state index in [0.29, 0.717) is 18.8 Å². The number of phenolic OH excluding ortho intramolecular Hbond substituents is 1. The van der Waals surface area contributed by atoms with Crippen molar-refractivity contribution >= 4 is 5.90 Å². The molecule has 3 nitrogen and oxygen atoms in total. The SMILES string of the molecule is C[C@H]1COC(Cc2ccccc2O)=N1. The Labute approximate surface area is 83.1 Å². The number of benzene rings is 1. The number of ether oxygens (including phenoxy) is 1. The maximum atomic E-state index is 9.53. The number of nitrogens with zero attached hydrogens (tertiary/aromatic N) is 1. The molecule has 74 valence electrons. The van der Waals surface area contributed by atoms with E-state index in [9.17, 15) is 5.11 Å². The minimum atomic E-state index is 0.246. The Morgan fingerprint density at radius 3 is 2.93 bits per heavy atom. The van der Waals surface area contributed by atoms with Crippen molar-refractivity contribution in [3.63, 3.8) is 0 Å². The van der Waals surface area contributed by atoms with E-state index in [1.807, 2.05) is 19.1 Å². The van der Waals surface area contributed by atoms with E-state index in [2.05, 4.69) is 4.99 Å². The van der Waals surface area contributed by atoms with Gasteiger partial charge in [-0.05, 0) is 13.0 Å². The van der Waals surface area contributed by atoms with E-state index in [-0.39, 0.29) is 6.04 Å². The van der Waals surface area contributed by atoms with Crippen molar-refractivity contribution in [2.45, 2.75) is 19.4 Å². The van der Waals surface area contributed by atoms with Gasteiger partial charge in [-0.15, -0.1) is 0 Å². The summed E-state index contributed by atoms with van der Waals surface area (Å²) in [4.78, 5) is 4.31. The molecule has 0 bridgehead atoms. The lowest BCUT2D eigenvalue weighted by Crippen LogP contribution is -2.03. The molecule has 0 saturated carbocycles. The highest BCUT2D eigenvalue weighted by molar-refractivity contribution is 5.80. The summed E-state index contributed by atoms with van der Waals surface area (Å²) in [5, 5.41) is 9.53. The zero-order valence-corrected chi connectivity index (χ0v) is 8.10. The molecule has 1 aliphatic heterocycles. The molecule has 0 spiro atoms. The summed E-state index contributed by atoms with van der Waals surface area (Å²) in [5.74, 6) is 1.03. The van der Waals surface area contributed by atoms with Crippen LogP contribution in [0.1, 0.15) is 12.5 Å². The third kappa shape index (κ3) is 1.87. The molecule has 1 aromatic carbocycles. The Bertz CT molecular complexity index is 360. The lowest BCUT2D eigenvalue weighted by atomic mass is 10.1. The molecule has 0 unspecified atom stereocenters. The van der Waals surface area contributed by atoms with Crippen LogP contribution in [0.4, 0.5) is 0 Å². The Kier molecular flexibility index (Phi) is 2.39. The maximum Gasteiger partial charge on any atom is 0.188 e. The van der Waals surface area contributed by atoms with Gasteiger partial charge in [-0.2, -0.15) is 0 Å². The highest BCUT2D eigenvalue weighted by Crippen LogP contribution is 2.18. The van der Waals surface area contributed by atoms with Crippen molar-refractivity contribution < 1.29 is 9.84 Å². The van der Waals surface area contributed by atoms with E-state index in [1.165, 1.54) is 0 Å². The van der Waals surface area contributed by atoms with Crippen LogP contribution in [0.5, 0.6) is 5.75 Å². The van der Waals surface area contributed by atoms with Crippen molar-refractivity contribution in [3.05, 3.63) is 29.8 Å². The van der Waals surface area contributed by atoms with Crippen LogP contribution in [0.25, 0.3) is 0 Å². The van der Waals surface area contributed by atoms with Crippen LogP contribution in [0.3, 0.4) is 0 Å². The van der Waals surface area contributed by atoms with Crippen LogP contribution in [0.15, 0.2) is 29.3 Å². The van der Waals surface area contributed by atoms with Crippen molar-refractivity contribution in [1.82, 2.24) is 0 Å². The van der Waals surface area contributed by atoms with Crippen molar-refractivity contribution in [2.24, 2.45) is 4.99 Å². The fourth-order valence-corrected chi connectivity index (χ4v) is 1.46. The average Bonchev–Trinajstić information content (AvgIpc) is 2.56. The summed E-state index contributed by atoms with van der Waals surface area (Å²) < 4.78 is 5.36. The van der Waals surface area contributed by atoms with Gasteiger partial charge in [0.1, 0.15) is 12.4 Å². The van der Waals surface area contributed by atoms with E-state index < -0.39 is 0 Å². The second-order valence-electron chi connectivity index (χ2n) is 3.49. The standard InChI is InChI=1S/C11H13NO2/c1-8-7-14-11(12-8)6-9-4-2-3-5-10(9)13/h2-5,8,13H,6-7H2,1H3/t8-/m0/s1. The Morgan fingerprint density at radius 1 is 1.50 bits per heavy atom. The third-order valence-electron chi connectivity index (χ3n) is 2.19. The molecule has 1 heterocycles. The first kappa shape index (κ1) is 9.06. The molecule has 0 aliphatic carbocycles. The van der Waals surface area contributed by atoms with Gasteiger partial charge < -0.3 is 9.84 Å². The van der Waals surface area contributed by atoms with Gasteiger partial charge in [0.2, 0.25) is 0 Å². The Hall–Kier alpha value is -1.51. The molecule has 3 heteroatoms.